The van der Waals surface area contributed by atoms with Crippen molar-refractivity contribution in [3.05, 3.63) is 35.4 Å². The van der Waals surface area contributed by atoms with Crippen molar-refractivity contribution in [3.63, 3.8) is 0 Å². The number of carbonyl (C=O) groups excluding carboxylic acids is 2. The Morgan fingerprint density at radius 2 is 2.28 bits per heavy atom. The van der Waals surface area contributed by atoms with Crippen LogP contribution in [0.2, 0.25) is 0 Å². The van der Waals surface area contributed by atoms with E-state index in [9.17, 15) is 9.59 Å². The molecule has 0 saturated carbocycles. The van der Waals surface area contributed by atoms with Gasteiger partial charge in [-0.15, -0.1) is 0 Å². The summed E-state index contributed by atoms with van der Waals surface area (Å²) >= 11 is 0. The molecular weight excluding hydrogens is 316 g/mol. The van der Waals surface area contributed by atoms with Gasteiger partial charge in [0.2, 0.25) is 11.8 Å². The number of carbonyl (C=O) groups is 2. The molecule has 1 N–H and O–H groups in total. The maximum atomic E-state index is 13.2. The van der Waals surface area contributed by atoms with Crippen molar-refractivity contribution in [1.82, 2.24) is 10.2 Å². The lowest BCUT2D eigenvalue weighted by Crippen LogP contribution is -2.47. The number of rotatable bonds is 7. The third-order valence-electron chi connectivity index (χ3n) is 5.44. The van der Waals surface area contributed by atoms with Crippen LogP contribution in [-0.2, 0) is 19.7 Å². The Kier molecular flexibility index (Phi) is 5.42. The molecular formula is C20H28N2O3. The van der Waals surface area contributed by atoms with Gasteiger partial charge in [0.15, 0.2) is 0 Å². The predicted molar refractivity (Wildman–Crippen MR) is 96.3 cm³/mol. The zero-order chi connectivity index (χ0) is 17.9. The van der Waals surface area contributed by atoms with Crippen LogP contribution in [-0.4, -0.2) is 49.1 Å². The van der Waals surface area contributed by atoms with E-state index in [-0.39, 0.29) is 17.9 Å². The van der Waals surface area contributed by atoms with Crippen LogP contribution in [0.3, 0.4) is 0 Å². The Bertz CT molecular complexity index is 646. The first-order valence-electron chi connectivity index (χ1n) is 9.29. The largest absolute Gasteiger partial charge is 0.382 e. The van der Waals surface area contributed by atoms with Crippen molar-refractivity contribution >= 4 is 11.8 Å². The summed E-state index contributed by atoms with van der Waals surface area (Å²) in [4.78, 5) is 27.3. The van der Waals surface area contributed by atoms with Gasteiger partial charge >= 0.3 is 0 Å². The molecule has 2 fully saturated rings. The average Bonchev–Trinajstić information content (AvgIpc) is 3.15. The van der Waals surface area contributed by atoms with Crippen LogP contribution in [0.15, 0.2) is 24.3 Å². The highest BCUT2D eigenvalue weighted by Crippen LogP contribution is 2.43. The van der Waals surface area contributed by atoms with Crippen LogP contribution in [0.5, 0.6) is 0 Å². The summed E-state index contributed by atoms with van der Waals surface area (Å²) in [6.45, 7) is 6.45. The number of fused-ring (bicyclic) bond motifs is 1. The van der Waals surface area contributed by atoms with Gasteiger partial charge in [0.05, 0.1) is 5.41 Å². The van der Waals surface area contributed by atoms with E-state index in [2.05, 4.69) is 11.4 Å². The molecule has 2 aliphatic heterocycles. The minimum Gasteiger partial charge on any atom is -0.382 e. The van der Waals surface area contributed by atoms with Crippen LogP contribution >= 0.6 is 0 Å². The van der Waals surface area contributed by atoms with E-state index in [4.69, 9.17) is 4.74 Å². The molecule has 136 valence electrons. The summed E-state index contributed by atoms with van der Waals surface area (Å²) in [5.41, 5.74) is 1.54. The second-order valence-electron chi connectivity index (χ2n) is 7.18. The smallest absolute Gasteiger partial charge is 0.232 e. The fraction of sp³-hybridized carbons (Fsp3) is 0.600. The molecule has 0 radical (unpaired) electrons. The first-order valence-corrected chi connectivity index (χ1v) is 9.29. The number of hydrogen-bond donors (Lipinski definition) is 1. The fourth-order valence-corrected chi connectivity index (χ4v) is 4.12. The molecule has 5 nitrogen and oxygen atoms in total. The Hall–Kier alpha value is -1.88. The number of amides is 2. The van der Waals surface area contributed by atoms with Gasteiger partial charge in [0.1, 0.15) is 0 Å². The van der Waals surface area contributed by atoms with Gasteiger partial charge in [-0.2, -0.15) is 0 Å². The lowest BCUT2D eigenvalue weighted by Gasteiger charge is -2.29. The van der Waals surface area contributed by atoms with E-state index in [1.54, 1.807) is 0 Å². The van der Waals surface area contributed by atoms with Gasteiger partial charge in [-0.05, 0) is 38.7 Å². The second-order valence-corrected chi connectivity index (χ2v) is 7.18. The van der Waals surface area contributed by atoms with Crippen molar-refractivity contribution in [3.8, 4) is 0 Å². The third kappa shape index (κ3) is 3.56. The van der Waals surface area contributed by atoms with E-state index in [0.29, 0.717) is 32.7 Å². The van der Waals surface area contributed by atoms with Crippen molar-refractivity contribution in [2.75, 3.05) is 26.3 Å². The van der Waals surface area contributed by atoms with Crippen LogP contribution in [0.4, 0.5) is 0 Å². The van der Waals surface area contributed by atoms with Gasteiger partial charge in [-0.1, -0.05) is 29.8 Å². The SMILES string of the molecule is CCOCCCNC(=O)C1(c2cccc(C)c2)CC2CCC(=O)N2C1. The monoisotopic (exact) mass is 344 g/mol. The van der Waals surface area contributed by atoms with E-state index in [0.717, 1.165) is 30.4 Å². The minimum atomic E-state index is -0.627. The third-order valence-corrected chi connectivity index (χ3v) is 5.44. The van der Waals surface area contributed by atoms with Crippen LogP contribution in [0.25, 0.3) is 0 Å². The summed E-state index contributed by atoms with van der Waals surface area (Å²) in [5.74, 6) is 0.223. The number of hydrogen-bond acceptors (Lipinski definition) is 3. The highest BCUT2D eigenvalue weighted by atomic mass is 16.5. The number of nitrogens with one attached hydrogen (secondary N) is 1. The van der Waals surface area contributed by atoms with Crippen LogP contribution in [0, 0.1) is 6.92 Å². The van der Waals surface area contributed by atoms with E-state index in [1.807, 2.05) is 36.9 Å². The molecule has 1 aromatic carbocycles. The molecule has 2 amide bonds. The molecule has 5 heteroatoms. The molecule has 2 aliphatic rings. The van der Waals surface area contributed by atoms with E-state index >= 15 is 0 Å². The molecule has 0 aromatic heterocycles. The molecule has 0 aliphatic carbocycles. The Balaban J connectivity index is 1.78. The average molecular weight is 344 g/mol. The Morgan fingerprint density at radius 3 is 3.00 bits per heavy atom. The highest BCUT2D eigenvalue weighted by Gasteiger charge is 2.53. The number of nitrogens with zero attached hydrogens (tertiary/aromatic N) is 1. The summed E-state index contributed by atoms with van der Waals surface area (Å²) in [6.07, 6.45) is 3.00. The zero-order valence-corrected chi connectivity index (χ0v) is 15.2. The molecule has 3 rings (SSSR count). The van der Waals surface area contributed by atoms with Crippen molar-refractivity contribution in [1.29, 1.82) is 0 Å². The van der Waals surface area contributed by atoms with Gasteiger partial charge in [0, 0.05) is 38.8 Å². The molecule has 2 heterocycles. The topological polar surface area (TPSA) is 58.6 Å². The fourth-order valence-electron chi connectivity index (χ4n) is 4.12. The zero-order valence-electron chi connectivity index (χ0n) is 15.2. The van der Waals surface area contributed by atoms with Gasteiger partial charge in [-0.25, -0.2) is 0 Å². The summed E-state index contributed by atoms with van der Waals surface area (Å²) in [7, 11) is 0. The van der Waals surface area contributed by atoms with Gasteiger partial charge in [-0.3, -0.25) is 9.59 Å². The van der Waals surface area contributed by atoms with Crippen molar-refractivity contribution in [2.24, 2.45) is 0 Å². The number of benzene rings is 1. The molecule has 2 atom stereocenters. The predicted octanol–water partition coefficient (Wildman–Crippen LogP) is 2.17. The Labute approximate surface area is 149 Å². The number of ether oxygens (including phenoxy) is 1. The molecule has 0 bridgehead atoms. The molecule has 0 spiro atoms. The Morgan fingerprint density at radius 1 is 1.44 bits per heavy atom. The van der Waals surface area contributed by atoms with Gasteiger partial charge < -0.3 is 15.0 Å². The lowest BCUT2D eigenvalue weighted by molar-refractivity contribution is -0.129. The maximum absolute atomic E-state index is 13.2. The molecule has 25 heavy (non-hydrogen) atoms. The second kappa shape index (κ2) is 7.56. The van der Waals surface area contributed by atoms with E-state index in [1.165, 1.54) is 0 Å². The summed E-state index contributed by atoms with van der Waals surface area (Å²) in [6, 6.07) is 8.35. The lowest BCUT2D eigenvalue weighted by atomic mass is 9.76. The van der Waals surface area contributed by atoms with Gasteiger partial charge in [0.25, 0.3) is 0 Å². The van der Waals surface area contributed by atoms with Crippen LogP contribution < -0.4 is 5.32 Å². The normalized spacial score (nSPS) is 25.3. The molecule has 2 unspecified atom stereocenters. The maximum Gasteiger partial charge on any atom is 0.232 e. The molecule has 2 saturated heterocycles. The van der Waals surface area contributed by atoms with E-state index < -0.39 is 5.41 Å². The summed E-state index contributed by atoms with van der Waals surface area (Å²) < 4.78 is 5.34. The van der Waals surface area contributed by atoms with Crippen molar-refractivity contribution in [2.45, 2.75) is 51.0 Å². The highest BCUT2D eigenvalue weighted by molar-refractivity contribution is 5.91. The quantitative estimate of drug-likeness (QED) is 0.771. The minimum absolute atomic E-state index is 0.0387. The van der Waals surface area contributed by atoms with Crippen molar-refractivity contribution < 1.29 is 14.3 Å². The first-order chi connectivity index (χ1) is 12.1. The first kappa shape index (κ1) is 17.9. The summed E-state index contributed by atoms with van der Waals surface area (Å²) in [5, 5.41) is 3.09. The van der Waals surface area contributed by atoms with Crippen LogP contribution in [0.1, 0.15) is 43.7 Å². The standard InChI is InChI=1S/C20H28N2O3/c1-3-25-11-5-10-21-19(24)20(16-7-4-6-15(2)12-16)13-17-8-9-18(23)22(17)14-20/h4,6-7,12,17H,3,5,8-11,13-14H2,1-2H3,(H,21,24). The number of aryl methyl sites for hydroxylation is 1. The molecule has 1 aromatic rings.